The van der Waals surface area contributed by atoms with E-state index in [-0.39, 0.29) is 12.5 Å². The van der Waals surface area contributed by atoms with Crippen molar-refractivity contribution in [1.82, 2.24) is 0 Å². The smallest absolute Gasteiger partial charge is 0.349 e. The molecule has 0 spiro atoms. The van der Waals surface area contributed by atoms with Gasteiger partial charge in [0.2, 0.25) is 0 Å². The summed E-state index contributed by atoms with van der Waals surface area (Å²) < 4.78 is 12.5. The summed E-state index contributed by atoms with van der Waals surface area (Å²) in [6, 6.07) is 21.4. The number of rotatable bonds is 6. The Morgan fingerprint density at radius 3 is 2.36 bits per heavy atom. The van der Waals surface area contributed by atoms with Crippen LogP contribution in [0.1, 0.15) is 30.9 Å². The van der Waals surface area contributed by atoms with E-state index in [9.17, 15) is 4.79 Å². The van der Waals surface area contributed by atoms with Crippen LogP contribution in [0.25, 0.3) is 11.1 Å². The fourth-order valence-corrected chi connectivity index (χ4v) is 3.31. The van der Waals surface area contributed by atoms with Gasteiger partial charge in [0, 0.05) is 10.0 Å². The van der Waals surface area contributed by atoms with Crippen LogP contribution < -0.4 is 9.47 Å². The van der Waals surface area contributed by atoms with Crippen LogP contribution in [0.5, 0.6) is 11.5 Å². The van der Waals surface area contributed by atoms with Crippen LogP contribution in [0.4, 0.5) is 0 Å². The van der Waals surface area contributed by atoms with Crippen LogP contribution >= 0.6 is 15.9 Å². The molecule has 0 unspecified atom stereocenters. The van der Waals surface area contributed by atoms with E-state index in [2.05, 4.69) is 29.8 Å². The predicted molar refractivity (Wildman–Crippen MR) is 116 cm³/mol. The van der Waals surface area contributed by atoms with Gasteiger partial charge in [-0.1, -0.05) is 78.3 Å². The van der Waals surface area contributed by atoms with Crippen molar-refractivity contribution in [1.29, 1.82) is 0 Å². The first-order valence-electron chi connectivity index (χ1n) is 9.23. The molecule has 0 saturated carbocycles. The minimum absolute atomic E-state index is 0.149. The number of halogens is 1. The average molecular weight is 439 g/mol. The molecule has 0 heterocycles. The highest BCUT2D eigenvalue weighted by molar-refractivity contribution is 9.10. The quantitative estimate of drug-likeness (QED) is 0.324. The SMILES string of the molecule is Cc1cc(OCC(=O)Oc2ccccc2-c2ccccc2)c(C(C)C)cc1Br. The molecule has 0 N–H and O–H groups in total. The first kappa shape index (κ1) is 20.2. The van der Waals surface area contributed by atoms with E-state index in [0.717, 1.165) is 26.7 Å². The summed E-state index contributed by atoms with van der Waals surface area (Å²) in [5.74, 6) is 1.09. The fraction of sp³-hybridized carbons (Fsp3) is 0.208. The fourth-order valence-electron chi connectivity index (χ4n) is 2.95. The van der Waals surface area contributed by atoms with Gasteiger partial charge in [0.25, 0.3) is 0 Å². The Kier molecular flexibility index (Phi) is 6.53. The zero-order valence-corrected chi connectivity index (χ0v) is 17.8. The molecule has 3 nitrogen and oxygen atoms in total. The minimum atomic E-state index is -0.432. The molecule has 0 fully saturated rings. The topological polar surface area (TPSA) is 35.5 Å². The van der Waals surface area contributed by atoms with Gasteiger partial charge in [0.05, 0.1) is 0 Å². The maximum absolute atomic E-state index is 12.4. The molecule has 0 amide bonds. The minimum Gasteiger partial charge on any atom is -0.482 e. The molecule has 0 aliphatic heterocycles. The number of hydrogen-bond acceptors (Lipinski definition) is 3. The molecule has 0 aromatic heterocycles. The summed E-state index contributed by atoms with van der Waals surface area (Å²) in [5.41, 5.74) is 3.98. The molecule has 0 aliphatic rings. The lowest BCUT2D eigenvalue weighted by Gasteiger charge is -2.16. The molecule has 0 saturated heterocycles. The van der Waals surface area contributed by atoms with Crippen molar-refractivity contribution in [3.05, 3.63) is 82.3 Å². The molecule has 144 valence electrons. The zero-order chi connectivity index (χ0) is 20.1. The standard InChI is InChI=1S/C24H23BrO3/c1-16(2)20-14-21(25)17(3)13-23(20)27-15-24(26)28-22-12-8-7-11-19(22)18-9-5-4-6-10-18/h4-14,16H,15H2,1-3H3. The van der Waals surface area contributed by atoms with Gasteiger partial charge in [-0.15, -0.1) is 0 Å². The lowest BCUT2D eigenvalue weighted by atomic mass is 10.0. The van der Waals surface area contributed by atoms with E-state index in [1.54, 1.807) is 6.07 Å². The van der Waals surface area contributed by atoms with E-state index in [1.165, 1.54) is 0 Å². The molecular weight excluding hydrogens is 416 g/mol. The summed E-state index contributed by atoms with van der Waals surface area (Å²) in [7, 11) is 0. The molecule has 28 heavy (non-hydrogen) atoms. The molecule has 0 aliphatic carbocycles. The van der Waals surface area contributed by atoms with E-state index >= 15 is 0 Å². The molecule has 3 aromatic rings. The highest BCUT2D eigenvalue weighted by Crippen LogP contribution is 2.33. The highest BCUT2D eigenvalue weighted by Gasteiger charge is 2.15. The average Bonchev–Trinajstić information content (AvgIpc) is 2.69. The maximum atomic E-state index is 12.4. The normalized spacial score (nSPS) is 10.8. The number of carbonyl (C=O) groups is 1. The third-order valence-corrected chi connectivity index (χ3v) is 5.31. The van der Waals surface area contributed by atoms with E-state index in [4.69, 9.17) is 9.47 Å². The summed E-state index contributed by atoms with van der Waals surface area (Å²) in [4.78, 5) is 12.4. The number of esters is 1. The first-order chi connectivity index (χ1) is 13.5. The Morgan fingerprint density at radius 1 is 0.964 bits per heavy atom. The van der Waals surface area contributed by atoms with Crippen LogP contribution in [-0.4, -0.2) is 12.6 Å². The van der Waals surface area contributed by atoms with Crippen molar-refractivity contribution in [3.8, 4) is 22.6 Å². The first-order valence-corrected chi connectivity index (χ1v) is 10.0. The molecule has 0 radical (unpaired) electrons. The van der Waals surface area contributed by atoms with E-state index < -0.39 is 5.97 Å². The van der Waals surface area contributed by atoms with Crippen LogP contribution in [0, 0.1) is 6.92 Å². The molecule has 0 atom stereocenters. The lowest BCUT2D eigenvalue weighted by Crippen LogP contribution is -2.18. The van der Waals surface area contributed by atoms with E-state index in [1.807, 2.05) is 67.6 Å². The predicted octanol–water partition coefficient (Wildman–Crippen LogP) is 6.53. The number of benzene rings is 3. The van der Waals surface area contributed by atoms with Gasteiger partial charge in [-0.25, -0.2) is 4.79 Å². The molecule has 0 bridgehead atoms. The van der Waals surface area contributed by atoms with Gasteiger partial charge in [0.15, 0.2) is 6.61 Å². The second kappa shape index (κ2) is 9.07. The summed E-state index contributed by atoms with van der Waals surface area (Å²) in [5, 5.41) is 0. The van der Waals surface area contributed by atoms with Crippen molar-refractivity contribution < 1.29 is 14.3 Å². The van der Waals surface area contributed by atoms with Crippen LogP contribution in [0.3, 0.4) is 0 Å². The van der Waals surface area contributed by atoms with E-state index in [0.29, 0.717) is 11.5 Å². The van der Waals surface area contributed by atoms with Crippen molar-refractivity contribution in [3.63, 3.8) is 0 Å². The van der Waals surface area contributed by atoms with Gasteiger partial charge in [-0.3, -0.25) is 0 Å². The van der Waals surface area contributed by atoms with Gasteiger partial charge in [0.1, 0.15) is 11.5 Å². The Labute approximate surface area is 174 Å². The monoisotopic (exact) mass is 438 g/mol. The Hall–Kier alpha value is -2.59. The number of carbonyl (C=O) groups excluding carboxylic acids is 1. The number of hydrogen-bond donors (Lipinski definition) is 0. The van der Waals surface area contributed by atoms with Crippen LogP contribution in [0.2, 0.25) is 0 Å². The van der Waals surface area contributed by atoms with Crippen LogP contribution in [0.15, 0.2) is 71.2 Å². The summed E-state index contributed by atoms with van der Waals surface area (Å²) in [6.45, 7) is 6.04. The summed E-state index contributed by atoms with van der Waals surface area (Å²) >= 11 is 3.56. The van der Waals surface area contributed by atoms with Gasteiger partial charge < -0.3 is 9.47 Å². The van der Waals surface area contributed by atoms with Gasteiger partial charge in [-0.05, 0) is 47.7 Å². The number of aryl methyl sites for hydroxylation is 1. The van der Waals surface area contributed by atoms with Crippen molar-refractivity contribution in [2.45, 2.75) is 26.7 Å². The zero-order valence-electron chi connectivity index (χ0n) is 16.2. The number of ether oxygens (including phenoxy) is 2. The van der Waals surface area contributed by atoms with Crippen molar-refractivity contribution >= 4 is 21.9 Å². The van der Waals surface area contributed by atoms with Gasteiger partial charge in [-0.2, -0.15) is 0 Å². The lowest BCUT2D eigenvalue weighted by molar-refractivity contribution is -0.136. The van der Waals surface area contributed by atoms with Crippen molar-refractivity contribution in [2.75, 3.05) is 6.61 Å². The van der Waals surface area contributed by atoms with Gasteiger partial charge >= 0.3 is 5.97 Å². The third-order valence-electron chi connectivity index (χ3n) is 4.45. The number of para-hydroxylation sites is 1. The largest absolute Gasteiger partial charge is 0.482 e. The summed E-state index contributed by atoms with van der Waals surface area (Å²) in [6.07, 6.45) is 0. The molecule has 4 heteroatoms. The second-order valence-electron chi connectivity index (χ2n) is 6.92. The molecule has 3 rings (SSSR count). The Bertz CT molecular complexity index is 965. The van der Waals surface area contributed by atoms with Crippen molar-refractivity contribution in [2.24, 2.45) is 0 Å². The highest BCUT2D eigenvalue weighted by atomic mass is 79.9. The second-order valence-corrected chi connectivity index (χ2v) is 7.77. The third kappa shape index (κ3) is 4.82. The Morgan fingerprint density at radius 2 is 1.64 bits per heavy atom. The molecular formula is C24H23BrO3. The Balaban J connectivity index is 1.74. The maximum Gasteiger partial charge on any atom is 0.349 e. The van der Waals surface area contributed by atoms with Crippen LogP contribution in [-0.2, 0) is 4.79 Å². The molecule has 3 aromatic carbocycles.